The van der Waals surface area contributed by atoms with Gasteiger partial charge in [-0.1, -0.05) is 120 Å². The summed E-state index contributed by atoms with van der Waals surface area (Å²) in [4.78, 5) is 0. The molecule has 2 heterocycles. The highest BCUT2D eigenvalue weighted by Gasteiger charge is 2.31. The first-order valence-electron chi connectivity index (χ1n) is 15.6. The quantitative estimate of drug-likeness (QED) is 0.141. The van der Waals surface area contributed by atoms with E-state index in [1.165, 1.54) is 66.2 Å². The summed E-state index contributed by atoms with van der Waals surface area (Å²) in [6, 6.07) is 31.1. The Balaban J connectivity index is 1.71. The van der Waals surface area contributed by atoms with Crippen molar-refractivity contribution in [3.8, 4) is 33.5 Å². The standard InChI is InChI=1S/C40H44NOSi/c1-25(2)32-21-29(28-15-11-10-12-16-28)22-33(26(3)4)39(32)34-23-35(41(6)24-37(34)43(7,8)9)38-27(5)19-20-31-30-17-13-14-18-36(30)42-40(31)38/h10-26H,1-9H3/q+1. The smallest absolute Gasteiger partial charge is 0.216 e. The van der Waals surface area contributed by atoms with Crippen LogP contribution in [0.2, 0.25) is 19.6 Å². The number of furan rings is 1. The van der Waals surface area contributed by atoms with Crippen molar-refractivity contribution in [1.29, 1.82) is 0 Å². The van der Waals surface area contributed by atoms with Crippen molar-refractivity contribution in [1.82, 2.24) is 0 Å². The number of hydrogen-bond donors (Lipinski definition) is 0. The van der Waals surface area contributed by atoms with Gasteiger partial charge in [0, 0.05) is 22.0 Å². The topological polar surface area (TPSA) is 17.0 Å². The fourth-order valence-electron chi connectivity index (χ4n) is 6.61. The third kappa shape index (κ3) is 5.14. The molecule has 0 saturated carbocycles. The predicted octanol–water partition coefficient (Wildman–Crippen LogP) is 10.5. The first kappa shape index (κ1) is 29.1. The second kappa shape index (κ2) is 11.0. The van der Waals surface area contributed by atoms with Gasteiger partial charge in [0.05, 0.1) is 13.6 Å². The molecule has 43 heavy (non-hydrogen) atoms. The highest BCUT2D eigenvalue weighted by molar-refractivity contribution is 6.89. The zero-order chi connectivity index (χ0) is 30.6. The molecule has 0 N–H and O–H groups in total. The third-order valence-corrected chi connectivity index (χ3v) is 10.9. The number of hydrogen-bond acceptors (Lipinski definition) is 1. The normalized spacial score (nSPS) is 12.3. The molecule has 0 amide bonds. The molecule has 0 aliphatic carbocycles. The Hall–Kier alpha value is -3.95. The molecule has 0 saturated heterocycles. The van der Waals surface area contributed by atoms with Crippen molar-refractivity contribution in [2.75, 3.05) is 0 Å². The van der Waals surface area contributed by atoms with Gasteiger partial charge >= 0.3 is 0 Å². The van der Waals surface area contributed by atoms with Crippen LogP contribution in [0.1, 0.15) is 56.2 Å². The van der Waals surface area contributed by atoms with Gasteiger partial charge in [-0.2, -0.15) is 0 Å². The Morgan fingerprint density at radius 3 is 1.93 bits per heavy atom. The minimum Gasteiger partial charge on any atom is -0.455 e. The molecule has 3 heteroatoms. The number of benzene rings is 4. The van der Waals surface area contributed by atoms with Crippen LogP contribution in [-0.4, -0.2) is 8.07 Å². The lowest BCUT2D eigenvalue weighted by Crippen LogP contribution is -2.46. The van der Waals surface area contributed by atoms with Crippen LogP contribution < -0.4 is 9.75 Å². The van der Waals surface area contributed by atoms with Crippen LogP contribution in [0.25, 0.3) is 55.4 Å². The van der Waals surface area contributed by atoms with E-state index >= 15 is 0 Å². The number of para-hydroxylation sites is 1. The van der Waals surface area contributed by atoms with Crippen LogP contribution in [-0.2, 0) is 7.05 Å². The molecule has 0 aliphatic heterocycles. The summed E-state index contributed by atoms with van der Waals surface area (Å²) in [5.41, 5.74) is 13.7. The molecule has 0 spiro atoms. The van der Waals surface area contributed by atoms with Crippen molar-refractivity contribution in [2.24, 2.45) is 7.05 Å². The van der Waals surface area contributed by atoms with Gasteiger partial charge in [0.1, 0.15) is 18.2 Å². The van der Waals surface area contributed by atoms with Crippen molar-refractivity contribution < 1.29 is 8.98 Å². The largest absolute Gasteiger partial charge is 0.455 e. The lowest BCUT2D eigenvalue weighted by Gasteiger charge is -2.27. The van der Waals surface area contributed by atoms with E-state index in [1.54, 1.807) is 0 Å². The monoisotopic (exact) mass is 582 g/mol. The number of pyridine rings is 1. The van der Waals surface area contributed by atoms with Crippen LogP contribution in [0, 0.1) is 6.92 Å². The number of rotatable bonds is 6. The van der Waals surface area contributed by atoms with Crippen molar-refractivity contribution >= 4 is 35.2 Å². The molecule has 218 valence electrons. The Kier molecular flexibility index (Phi) is 7.42. The number of nitrogens with zero attached hydrogens (tertiary/aromatic N) is 1. The SMILES string of the molecule is Cc1ccc2c(oc3ccccc32)c1-c1cc(-c2c(C(C)C)cc(-c3ccccc3)cc2C(C)C)c([Si](C)(C)C)c[n+]1C. The van der Waals surface area contributed by atoms with Gasteiger partial charge < -0.3 is 4.42 Å². The fraction of sp³-hybridized carbons (Fsp3) is 0.275. The van der Waals surface area contributed by atoms with E-state index < -0.39 is 8.07 Å². The van der Waals surface area contributed by atoms with Gasteiger partial charge in [-0.3, -0.25) is 0 Å². The third-order valence-electron chi connectivity index (χ3n) is 8.91. The molecular formula is C40H44NOSi+. The summed E-state index contributed by atoms with van der Waals surface area (Å²) >= 11 is 0. The molecule has 0 aliphatic rings. The second-order valence-corrected chi connectivity index (χ2v) is 18.8. The maximum absolute atomic E-state index is 6.60. The molecule has 4 aromatic carbocycles. The van der Waals surface area contributed by atoms with Crippen LogP contribution in [0.3, 0.4) is 0 Å². The summed E-state index contributed by atoms with van der Waals surface area (Å²) in [5, 5.41) is 3.83. The molecular weight excluding hydrogens is 539 g/mol. The predicted molar refractivity (Wildman–Crippen MR) is 187 cm³/mol. The van der Waals surface area contributed by atoms with Crippen LogP contribution in [0.5, 0.6) is 0 Å². The summed E-state index contributed by atoms with van der Waals surface area (Å²) in [7, 11) is 0.456. The Labute approximate surface area is 258 Å². The van der Waals surface area contributed by atoms with E-state index in [0.29, 0.717) is 11.8 Å². The zero-order valence-corrected chi connectivity index (χ0v) is 28.2. The van der Waals surface area contributed by atoms with Crippen LogP contribution in [0.15, 0.2) is 95.5 Å². The Morgan fingerprint density at radius 2 is 1.30 bits per heavy atom. The molecule has 2 aromatic heterocycles. The van der Waals surface area contributed by atoms with Gasteiger partial charge in [0.25, 0.3) is 0 Å². The highest BCUT2D eigenvalue weighted by atomic mass is 28.3. The number of fused-ring (bicyclic) bond motifs is 3. The number of aryl methyl sites for hydroxylation is 2. The van der Waals surface area contributed by atoms with Crippen LogP contribution >= 0.6 is 0 Å². The zero-order valence-electron chi connectivity index (χ0n) is 27.2. The summed E-state index contributed by atoms with van der Waals surface area (Å²) in [6.07, 6.45) is 2.43. The Morgan fingerprint density at radius 1 is 0.674 bits per heavy atom. The van der Waals surface area contributed by atoms with E-state index in [0.717, 1.165) is 11.2 Å². The lowest BCUT2D eigenvalue weighted by atomic mass is 9.82. The number of aromatic nitrogens is 1. The Bertz CT molecular complexity index is 1940. The highest BCUT2D eigenvalue weighted by Crippen LogP contribution is 2.42. The minimum absolute atomic E-state index is 0.378. The van der Waals surface area contributed by atoms with Crippen molar-refractivity contribution in [3.05, 3.63) is 108 Å². The molecule has 6 rings (SSSR count). The maximum Gasteiger partial charge on any atom is 0.216 e. The van der Waals surface area contributed by atoms with Crippen molar-refractivity contribution in [2.45, 2.75) is 66.1 Å². The molecule has 0 bridgehead atoms. The van der Waals surface area contributed by atoms with E-state index in [-0.39, 0.29) is 0 Å². The molecule has 0 radical (unpaired) electrons. The minimum atomic E-state index is -1.75. The van der Waals surface area contributed by atoms with E-state index in [4.69, 9.17) is 4.42 Å². The average Bonchev–Trinajstić information content (AvgIpc) is 3.35. The second-order valence-electron chi connectivity index (χ2n) is 13.8. The summed E-state index contributed by atoms with van der Waals surface area (Å²) in [5.74, 6) is 0.757. The first-order chi connectivity index (χ1) is 20.5. The molecule has 2 nitrogen and oxygen atoms in total. The fourth-order valence-corrected chi connectivity index (χ4v) is 8.20. The maximum atomic E-state index is 6.60. The lowest BCUT2D eigenvalue weighted by molar-refractivity contribution is -0.659. The van der Waals surface area contributed by atoms with E-state index in [9.17, 15) is 0 Å². The molecule has 0 unspecified atom stereocenters. The van der Waals surface area contributed by atoms with E-state index in [1.807, 2.05) is 0 Å². The summed E-state index contributed by atoms with van der Waals surface area (Å²) < 4.78 is 8.94. The van der Waals surface area contributed by atoms with E-state index in [2.05, 4.69) is 157 Å². The van der Waals surface area contributed by atoms with Crippen LogP contribution in [0.4, 0.5) is 0 Å². The molecule has 0 atom stereocenters. The molecule has 6 aromatic rings. The van der Waals surface area contributed by atoms with Crippen molar-refractivity contribution in [3.63, 3.8) is 0 Å². The van der Waals surface area contributed by atoms with Gasteiger partial charge in [-0.15, -0.1) is 0 Å². The van der Waals surface area contributed by atoms with Gasteiger partial charge in [0.2, 0.25) is 5.69 Å². The molecule has 0 fully saturated rings. The average molecular weight is 583 g/mol. The summed E-state index contributed by atoms with van der Waals surface area (Å²) in [6.45, 7) is 19.0. The van der Waals surface area contributed by atoms with Gasteiger partial charge in [-0.25, -0.2) is 4.57 Å². The van der Waals surface area contributed by atoms with Gasteiger partial charge in [0.15, 0.2) is 6.20 Å². The van der Waals surface area contributed by atoms with Gasteiger partial charge in [-0.05, 0) is 63.8 Å². The first-order valence-corrected chi connectivity index (χ1v) is 19.1.